The fraction of sp³-hybridized carbons (Fsp3) is 0.105. The SMILES string of the molecule is O=C(NC(c1ccc(C(F)(F)F)cc1)c1ncccc1F)c1ccccn1. The first-order valence-corrected chi connectivity index (χ1v) is 7.86. The van der Waals surface area contributed by atoms with Crippen molar-refractivity contribution in [2.45, 2.75) is 12.2 Å². The molecule has 4 nitrogen and oxygen atoms in total. The number of benzene rings is 1. The van der Waals surface area contributed by atoms with E-state index in [0.717, 1.165) is 18.2 Å². The first-order chi connectivity index (χ1) is 12.9. The molecule has 1 atom stereocenters. The maximum absolute atomic E-state index is 14.2. The van der Waals surface area contributed by atoms with Crippen molar-refractivity contribution in [3.8, 4) is 0 Å². The molecular weight excluding hydrogens is 362 g/mol. The summed E-state index contributed by atoms with van der Waals surface area (Å²) in [7, 11) is 0. The molecule has 0 aliphatic rings. The van der Waals surface area contributed by atoms with Gasteiger partial charge < -0.3 is 5.32 Å². The number of pyridine rings is 2. The van der Waals surface area contributed by atoms with Crippen LogP contribution >= 0.6 is 0 Å². The minimum absolute atomic E-state index is 0.0887. The predicted octanol–water partition coefficient (Wildman–Crippen LogP) is 4.15. The average Bonchev–Trinajstić information content (AvgIpc) is 2.67. The van der Waals surface area contributed by atoms with Crippen LogP contribution < -0.4 is 5.32 Å². The molecule has 1 amide bonds. The number of nitrogens with zero attached hydrogens (tertiary/aromatic N) is 2. The summed E-state index contributed by atoms with van der Waals surface area (Å²) in [6, 6.07) is 10.3. The number of aromatic nitrogens is 2. The van der Waals surface area contributed by atoms with E-state index in [1.165, 1.54) is 36.7 Å². The fourth-order valence-corrected chi connectivity index (χ4v) is 2.49. The third kappa shape index (κ3) is 4.28. The highest BCUT2D eigenvalue weighted by molar-refractivity contribution is 5.92. The third-order valence-electron chi connectivity index (χ3n) is 3.80. The Morgan fingerprint density at radius 1 is 0.926 bits per heavy atom. The first kappa shape index (κ1) is 18.5. The van der Waals surface area contributed by atoms with Crippen molar-refractivity contribution < 1.29 is 22.4 Å². The fourth-order valence-electron chi connectivity index (χ4n) is 2.49. The number of rotatable bonds is 4. The van der Waals surface area contributed by atoms with Crippen LogP contribution in [0, 0.1) is 5.82 Å². The lowest BCUT2D eigenvalue weighted by atomic mass is 10.0. The Bertz CT molecular complexity index is 928. The van der Waals surface area contributed by atoms with Crippen LogP contribution in [0.1, 0.15) is 33.4 Å². The Balaban J connectivity index is 1.98. The van der Waals surface area contributed by atoms with Gasteiger partial charge in [0.05, 0.1) is 11.6 Å². The summed E-state index contributed by atoms with van der Waals surface area (Å²) in [5, 5.41) is 2.58. The summed E-state index contributed by atoms with van der Waals surface area (Å²) in [6.45, 7) is 0. The Labute approximate surface area is 151 Å². The van der Waals surface area contributed by atoms with Gasteiger partial charge in [0.15, 0.2) is 0 Å². The number of nitrogens with one attached hydrogen (secondary N) is 1. The van der Waals surface area contributed by atoms with Crippen molar-refractivity contribution in [1.82, 2.24) is 15.3 Å². The normalized spacial score (nSPS) is 12.4. The number of halogens is 4. The molecule has 138 valence electrons. The first-order valence-electron chi connectivity index (χ1n) is 7.86. The lowest BCUT2D eigenvalue weighted by Crippen LogP contribution is -2.31. The van der Waals surface area contributed by atoms with Gasteiger partial charge in [0.25, 0.3) is 5.91 Å². The van der Waals surface area contributed by atoms with Crippen LogP contribution in [0.2, 0.25) is 0 Å². The van der Waals surface area contributed by atoms with Crippen molar-refractivity contribution in [2.24, 2.45) is 0 Å². The topological polar surface area (TPSA) is 54.9 Å². The Kier molecular flexibility index (Phi) is 5.16. The molecule has 3 aromatic rings. The van der Waals surface area contributed by atoms with Gasteiger partial charge in [0.2, 0.25) is 0 Å². The standard InChI is InChI=1S/C19H13F4N3O/c20-14-4-3-11-25-17(14)16(26-18(27)15-5-1-2-10-24-15)12-6-8-13(9-7-12)19(21,22)23/h1-11,16H,(H,26,27). The molecule has 1 N–H and O–H groups in total. The number of amides is 1. The highest BCUT2D eigenvalue weighted by Gasteiger charge is 2.31. The van der Waals surface area contributed by atoms with E-state index < -0.39 is 29.5 Å². The molecule has 0 saturated heterocycles. The van der Waals surface area contributed by atoms with Crippen molar-refractivity contribution in [2.75, 3.05) is 0 Å². The van der Waals surface area contributed by atoms with E-state index in [9.17, 15) is 22.4 Å². The van der Waals surface area contributed by atoms with Crippen LogP contribution in [-0.2, 0) is 6.18 Å². The van der Waals surface area contributed by atoms with E-state index in [4.69, 9.17) is 0 Å². The van der Waals surface area contributed by atoms with E-state index in [0.29, 0.717) is 0 Å². The van der Waals surface area contributed by atoms with Crippen molar-refractivity contribution >= 4 is 5.91 Å². The zero-order chi connectivity index (χ0) is 19.4. The number of alkyl halides is 3. The van der Waals surface area contributed by atoms with Gasteiger partial charge in [0, 0.05) is 12.4 Å². The molecule has 0 bridgehead atoms. The zero-order valence-electron chi connectivity index (χ0n) is 13.7. The highest BCUT2D eigenvalue weighted by Crippen LogP contribution is 2.31. The molecule has 27 heavy (non-hydrogen) atoms. The maximum Gasteiger partial charge on any atom is 0.416 e. The van der Waals surface area contributed by atoms with Crippen LogP contribution in [0.4, 0.5) is 17.6 Å². The average molecular weight is 375 g/mol. The minimum Gasteiger partial charge on any atom is -0.338 e. The van der Waals surface area contributed by atoms with Gasteiger partial charge in [-0.15, -0.1) is 0 Å². The van der Waals surface area contributed by atoms with Gasteiger partial charge in [-0.2, -0.15) is 13.2 Å². The van der Waals surface area contributed by atoms with Gasteiger partial charge in [-0.1, -0.05) is 18.2 Å². The second-order valence-electron chi connectivity index (χ2n) is 5.61. The van der Waals surface area contributed by atoms with Gasteiger partial charge in [-0.05, 0) is 42.0 Å². The molecule has 0 fully saturated rings. The molecule has 3 rings (SSSR count). The van der Waals surface area contributed by atoms with Gasteiger partial charge in [0.1, 0.15) is 17.2 Å². The smallest absolute Gasteiger partial charge is 0.338 e. The lowest BCUT2D eigenvalue weighted by molar-refractivity contribution is -0.137. The number of hydrogen-bond acceptors (Lipinski definition) is 3. The second kappa shape index (κ2) is 7.53. The number of carbonyl (C=O) groups excluding carboxylic acids is 1. The van der Waals surface area contributed by atoms with E-state index in [2.05, 4.69) is 15.3 Å². The van der Waals surface area contributed by atoms with E-state index in [-0.39, 0.29) is 17.0 Å². The summed E-state index contributed by atoms with van der Waals surface area (Å²) >= 11 is 0. The Morgan fingerprint density at radius 2 is 1.63 bits per heavy atom. The quantitative estimate of drug-likeness (QED) is 0.697. The molecule has 2 aromatic heterocycles. The van der Waals surface area contributed by atoms with E-state index >= 15 is 0 Å². The molecule has 2 heterocycles. The molecule has 1 unspecified atom stereocenters. The monoisotopic (exact) mass is 375 g/mol. The van der Waals surface area contributed by atoms with Crippen LogP contribution in [-0.4, -0.2) is 15.9 Å². The zero-order valence-corrected chi connectivity index (χ0v) is 13.7. The lowest BCUT2D eigenvalue weighted by Gasteiger charge is -2.20. The maximum atomic E-state index is 14.2. The van der Waals surface area contributed by atoms with Gasteiger partial charge >= 0.3 is 6.18 Å². The van der Waals surface area contributed by atoms with Crippen molar-refractivity contribution in [3.05, 3.63) is 95.3 Å². The second-order valence-corrected chi connectivity index (χ2v) is 5.61. The third-order valence-corrected chi connectivity index (χ3v) is 3.80. The number of carbonyl (C=O) groups is 1. The van der Waals surface area contributed by atoms with Crippen LogP contribution in [0.3, 0.4) is 0 Å². The summed E-state index contributed by atoms with van der Waals surface area (Å²) in [5.74, 6) is -1.30. The van der Waals surface area contributed by atoms with Crippen molar-refractivity contribution in [3.63, 3.8) is 0 Å². The predicted molar refractivity (Wildman–Crippen MR) is 89.2 cm³/mol. The van der Waals surface area contributed by atoms with Crippen LogP contribution in [0.25, 0.3) is 0 Å². The summed E-state index contributed by atoms with van der Waals surface area (Å²) in [4.78, 5) is 20.3. The van der Waals surface area contributed by atoms with E-state index in [1.54, 1.807) is 12.1 Å². The molecular formula is C19H13F4N3O. The molecule has 0 aliphatic heterocycles. The summed E-state index contributed by atoms with van der Waals surface area (Å²) in [6.07, 6.45) is -1.74. The van der Waals surface area contributed by atoms with E-state index in [1.807, 2.05) is 0 Å². The number of hydrogen-bond donors (Lipinski definition) is 1. The van der Waals surface area contributed by atoms with Gasteiger partial charge in [-0.25, -0.2) is 4.39 Å². The summed E-state index contributed by atoms with van der Waals surface area (Å²) in [5.41, 5.74) is -0.611. The molecule has 0 aliphatic carbocycles. The Hall–Kier alpha value is -3.29. The molecule has 1 aromatic carbocycles. The summed E-state index contributed by atoms with van der Waals surface area (Å²) < 4.78 is 52.6. The van der Waals surface area contributed by atoms with Crippen molar-refractivity contribution in [1.29, 1.82) is 0 Å². The Morgan fingerprint density at radius 3 is 2.22 bits per heavy atom. The van der Waals surface area contributed by atoms with Gasteiger partial charge in [-0.3, -0.25) is 14.8 Å². The van der Waals surface area contributed by atoms with Crippen LogP contribution in [0.15, 0.2) is 67.0 Å². The largest absolute Gasteiger partial charge is 0.416 e. The highest BCUT2D eigenvalue weighted by atomic mass is 19.4. The molecule has 0 radical (unpaired) electrons. The minimum atomic E-state index is -4.50. The molecule has 0 spiro atoms. The molecule has 8 heteroatoms. The molecule has 0 saturated carbocycles. The van der Waals surface area contributed by atoms with Crippen LogP contribution in [0.5, 0.6) is 0 Å².